The quantitative estimate of drug-likeness (QED) is 0.249. The number of aromatic nitrogens is 5. The van der Waals surface area contributed by atoms with Crippen LogP contribution in [0.25, 0.3) is 22.6 Å². The molecular weight excluding hydrogens is 485 g/mol. The van der Waals surface area contributed by atoms with E-state index in [1.807, 2.05) is 30.3 Å². The zero-order valence-electron chi connectivity index (χ0n) is 20.0. The van der Waals surface area contributed by atoms with E-state index in [9.17, 15) is 14.4 Å². The minimum absolute atomic E-state index is 0.0861. The fourth-order valence-corrected chi connectivity index (χ4v) is 3.96. The molecule has 11 heteroatoms. The van der Waals surface area contributed by atoms with Crippen molar-refractivity contribution in [3.63, 3.8) is 0 Å². The van der Waals surface area contributed by atoms with Gasteiger partial charge in [-0.3, -0.25) is 9.78 Å². The van der Waals surface area contributed by atoms with E-state index in [0.29, 0.717) is 47.0 Å². The highest BCUT2D eigenvalue weighted by molar-refractivity contribution is 5.94. The minimum atomic E-state index is -0.610. The summed E-state index contributed by atoms with van der Waals surface area (Å²) in [5, 5.41) is 15.5. The summed E-state index contributed by atoms with van der Waals surface area (Å²) in [4.78, 5) is 32.5. The lowest BCUT2D eigenvalue weighted by Gasteiger charge is -2.20. The van der Waals surface area contributed by atoms with Gasteiger partial charge in [-0.05, 0) is 35.4 Å². The van der Waals surface area contributed by atoms with Gasteiger partial charge in [0.05, 0.1) is 17.2 Å². The van der Waals surface area contributed by atoms with Crippen LogP contribution in [-0.4, -0.2) is 37.4 Å². The van der Waals surface area contributed by atoms with Gasteiger partial charge in [0.15, 0.2) is 11.5 Å². The number of pyridine rings is 1. The van der Waals surface area contributed by atoms with Crippen molar-refractivity contribution in [1.82, 2.24) is 35.6 Å². The number of aromatic amines is 1. The highest BCUT2D eigenvalue weighted by Crippen LogP contribution is 2.22. The van der Waals surface area contributed by atoms with Crippen LogP contribution in [0, 0.1) is 17.1 Å². The van der Waals surface area contributed by atoms with Crippen LogP contribution < -0.4 is 16.4 Å². The van der Waals surface area contributed by atoms with Crippen molar-refractivity contribution in [2.24, 2.45) is 0 Å². The molecule has 5 aromatic rings. The number of halogens is 1. The molecule has 0 aliphatic rings. The predicted octanol–water partition coefficient (Wildman–Crippen LogP) is 3.27. The molecule has 188 valence electrons. The first-order chi connectivity index (χ1) is 18.5. The van der Waals surface area contributed by atoms with E-state index in [0.717, 1.165) is 11.1 Å². The summed E-state index contributed by atoms with van der Waals surface area (Å²) in [7, 11) is 0. The molecule has 0 saturated heterocycles. The summed E-state index contributed by atoms with van der Waals surface area (Å²) in [6.45, 7) is 0.843. The van der Waals surface area contributed by atoms with Crippen LogP contribution in [0.2, 0.25) is 0 Å². The second-order valence-electron chi connectivity index (χ2n) is 8.49. The second-order valence-corrected chi connectivity index (χ2v) is 8.49. The van der Waals surface area contributed by atoms with Gasteiger partial charge in [-0.1, -0.05) is 30.3 Å². The second kappa shape index (κ2) is 10.8. The Morgan fingerprint density at radius 3 is 2.74 bits per heavy atom. The third-order valence-electron chi connectivity index (χ3n) is 5.96. The van der Waals surface area contributed by atoms with Crippen LogP contribution in [0.4, 0.5) is 10.2 Å². The van der Waals surface area contributed by atoms with E-state index in [4.69, 9.17) is 5.73 Å². The lowest BCUT2D eigenvalue weighted by Crippen LogP contribution is -2.35. The molecule has 2 aromatic carbocycles. The number of anilines is 1. The normalized spacial score (nSPS) is 11.7. The van der Waals surface area contributed by atoms with Crippen molar-refractivity contribution in [2.75, 3.05) is 12.3 Å². The summed E-state index contributed by atoms with van der Waals surface area (Å²) < 4.78 is 13.9. The number of fused-ring (bicyclic) bond motifs is 1. The molecule has 0 aliphatic heterocycles. The molecule has 10 nitrogen and oxygen atoms in total. The molecule has 38 heavy (non-hydrogen) atoms. The van der Waals surface area contributed by atoms with Crippen molar-refractivity contribution < 1.29 is 9.18 Å². The number of rotatable bonds is 8. The number of nitrogen functional groups attached to an aromatic ring is 1. The van der Waals surface area contributed by atoms with Crippen molar-refractivity contribution >= 4 is 22.9 Å². The van der Waals surface area contributed by atoms with Crippen molar-refractivity contribution in [1.29, 1.82) is 5.26 Å². The Morgan fingerprint density at radius 2 is 2.00 bits per heavy atom. The smallest absolute Gasteiger partial charge is 0.253 e. The molecule has 1 atom stereocenters. The average Bonchev–Trinajstić information content (AvgIpc) is 3.39. The number of H-pyrrole nitrogens is 1. The van der Waals surface area contributed by atoms with E-state index < -0.39 is 11.9 Å². The average molecular weight is 508 g/mol. The van der Waals surface area contributed by atoms with Crippen molar-refractivity contribution in [3.05, 3.63) is 101 Å². The number of carbonyl (C=O) groups is 1. The molecule has 5 rings (SSSR count). The molecule has 3 aromatic heterocycles. The summed E-state index contributed by atoms with van der Waals surface area (Å²) in [6.07, 6.45) is 4.42. The molecule has 0 fully saturated rings. The Kier molecular flexibility index (Phi) is 6.97. The number of nitrogens with one attached hydrogen (secondary N) is 3. The van der Waals surface area contributed by atoms with Crippen molar-refractivity contribution in [3.8, 4) is 17.5 Å². The molecule has 0 bridgehead atoms. The maximum absolute atomic E-state index is 13.9. The van der Waals surface area contributed by atoms with Crippen LogP contribution >= 0.6 is 0 Å². The monoisotopic (exact) mass is 507 g/mol. The van der Waals surface area contributed by atoms with Gasteiger partial charge in [0.1, 0.15) is 29.6 Å². The van der Waals surface area contributed by atoms with E-state index in [-0.39, 0.29) is 11.5 Å². The van der Waals surface area contributed by atoms with E-state index >= 15 is 0 Å². The fraction of sp³-hybridized carbons (Fsp3) is 0.111. The Bertz CT molecular complexity index is 1630. The maximum Gasteiger partial charge on any atom is 0.253 e. The molecule has 0 spiro atoms. The molecule has 0 saturated carbocycles. The molecule has 3 heterocycles. The number of nitriles is 1. The topological polar surface area (TPSA) is 158 Å². The van der Waals surface area contributed by atoms with Crippen LogP contribution in [0.3, 0.4) is 0 Å². The summed E-state index contributed by atoms with van der Waals surface area (Å²) in [5.74, 6) is 0.0337. The standard InChI is InChI=1S/C27H22FN9O/c28-21-8-7-18(10-20(21)11-29)22(35-27(38)19-2-1-9-31-13-19)14-32-12-16-3-5-17(6-4-16)25-36-23-24(30)33-15-34-26(23)37-25/h1-10,13,15,22,32H,12,14H2,(H,35,38)(H3,30,33,34,36,37)/t22-/m1/s1. The van der Waals surface area contributed by atoms with Gasteiger partial charge in [0.25, 0.3) is 5.91 Å². The van der Waals surface area contributed by atoms with Gasteiger partial charge in [-0.25, -0.2) is 19.3 Å². The van der Waals surface area contributed by atoms with Gasteiger partial charge < -0.3 is 21.4 Å². The van der Waals surface area contributed by atoms with Gasteiger partial charge >= 0.3 is 0 Å². The lowest BCUT2D eigenvalue weighted by molar-refractivity contribution is 0.0935. The van der Waals surface area contributed by atoms with Crippen LogP contribution in [0.5, 0.6) is 0 Å². The molecule has 0 radical (unpaired) electrons. The highest BCUT2D eigenvalue weighted by Gasteiger charge is 2.18. The maximum atomic E-state index is 13.9. The first kappa shape index (κ1) is 24.5. The third kappa shape index (κ3) is 5.30. The zero-order chi connectivity index (χ0) is 26.5. The number of hydrogen-bond donors (Lipinski definition) is 4. The van der Waals surface area contributed by atoms with Gasteiger partial charge in [0, 0.05) is 31.0 Å². The van der Waals surface area contributed by atoms with Gasteiger partial charge in [-0.2, -0.15) is 5.26 Å². The Labute approximate surface area is 216 Å². The Morgan fingerprint density at radius 1 is 1.16 bits per heavy atom. The first-order valence-corrected chi connectivity index (χ1v) is 11.7. The molecular formula is C27H22FN9O. The first-order valence-electron chi connectivity index (χ1n) is 11.7. The number of amides is 1. The van der Waals surface area contributed by atoms with Crippen LogP contribution in [0.1, 0.15) is 33.1 Å². The van der Waals surface area contributed by atoms with E-state index in [1.165, 1.54) is 24.7 Å². The van der Waals surface area contributed by atoms with Crippen molar-refractivity contribution in [2.45, 2.75) is 12.6 Å². The largest absolute Gasteiger partial charge is 0.382 e. The number of imidazole rings is 1. The van der Waals surface area contributed by atoms with Gasteiger partial charge in [0.2, 0.25) is 0 Å². The SMILES string of the molecule is N#Cc1cc([C@@H](CNCc2ccc(-c3nc4ncnc(N)c4[nH]3)cc2)NC(=O)c2cccnc2)ccc1F. The van der Waals surface area contributed by atoms with Crippen LogP contribution in [0.15, 0.2) is 73.3 Å². The highest BCUT2D eigenvalue weighted by atomic mass is 19.1. The molecule has 5 N–H and O–H groups in total. The number of benzene rings is 2. The molecule has 1 amide bonds. The van der Waals surface area contributed by atoms with E-state index in [2.05, 4.69) is 35.6 Å². The lowest BCUT2D eigenvalue weighted by atomic mass is 10.0. The number of nitrogens with two attached hydrogens (primary N) is 1. The predicted molar refractivity (Wildman–Crippen MR) is 139 cm³/mol. The number of nitrogens with zero attached hydrogens (tertiary/aromatic N) is 5. The number of hydrogen-bond acceptors (Lipinski definition) is 8. The Hall–Kier alpha value is -5.21. The van der Waals surface area contributed by atoms with Gasteiger partial charge in [-0.15, -0.1) is 0 Å². The zero-order valence-corrected chi connectivity index (χ0v) is 20.0. The molecule has 0 unspecified atom stereocenters. The van der Waals surface area contributed by atoms with E-state index in [1.54, 1.807) is 24.4 Å². The third-order valence-corrected chi connectivity index (χ3v) is 5.96. The fourth-order valence-electron chi connectivity index (χ4n) is 3.96. The van der Waals surface area contributed by atoms with Crippen LogP contribution in [-0.2, 0) is 6.54 Å². The minimum Gasteiger partial charge on any atom is -0.382 e. The molecule has 0 aliphatic carbocycles. The number of carbonyl (C=O) groups excluding carboxylic acids is 1. The summed E-state index contributed by atoms with van der Waals surface area (Å²) in [6, 6.07) is 16.7. The summed E-state index contributed by atoms with van der Waals surface area (Å²) in [5.41, 5.74) is 9.75. The summed E-state index contributed by atoms with van der Waals surface area (Å²) >= 11 is 0. The Balaban J connectivity index is 1.28.